The number of ether oxygens (including phenoxy) is 4. The first-order valence-corrected chi connectivity index (χ1v) is 14.3. The highest BCUT2D eigenvalue weighted by molar-refractivity contribution is 5.95. The van der Waals surface area contributed by atoms with E-state index >= 15 is 0 Å². The number of methoxy groups -OCH3 is 2. The average molecular weight is 562 g/mol. The van der Waals surface area contributed by atoms with Crippen LogP contribution in [0.15, 0.2) is 66.7 Å². The predicted molar refractivity (Wildman–Crippen MR) is 162 cm³/mol. The second kappa shape index (κ2) is 14.9. The summed E-state index contributed by atoms with van der Waals surface area (Å²) in [5, 5.41) is 3.46. The van der Waals surface area contributed by atoms with Crippen LogP contribution in [0.25, 0.3) is 11.1 Å². The Hall–Kier alpha value is -3.59. The molecule has 4 rings (SSSR count). The van der Waals surface area contributed by atoms with Crippen LogP contribution in [-0.2, 0) is 16.1 Å². The number of benzene rings is 3. The van der Waals surface area contributed by atoms with E-state index in [0.29, 0.717) is 43.4 Å². The van der Waals surface area contributed by atoms with Crippen molar-refractivity contribution in [1.29, 1.82) is 0 Å². The first-order valence-electron chi connectivity index (χ1n) is 14.3. The maximum absolute atomic E-state index is 13.7. The molecule has 0 aliphatic carbocycles. The van der Waals surface area contributed by atoms with Crippen LogP contribution in [0.5, 0.6) is 11.5 Å². The molecule has 1 aliphatic heterocycles. The lowest BCUT2D eigenvalue weighted by Crippen LogP contribution is -2.43. The summed E-state index contributed by atoms with van der Waals surface area (Å²) in [4.78, 5) is 15.6. The highest BCUT2D eigenvalue weighted by atomic mass is 16.5. The number of nitrogen functional groups attached to an aromatic ring is 1. The molecule has 1 heterocycles. The summed E-state index contributed by atoms with van der Waals surface area (Å²) < 4.78 is 22.9. The fourth-order valence-corrected chi connectivity index (χ4v) is 5.10. The van der Waals surface area contributed by atoms with Gasteiger partial charge in [-0.25, -0.2) is 0 Å². The van der Waals surface area contributed by atoms with Crippen molar-refractivity contribution in [3.05, 3.63) is 77.9 Å². The lowest BCUT2D eigenvalue weighted by atomic mass is 10.0. The number of rotatable bonds is 14. The summed E-state index contributed by atoms with van der Waals surface area (Å²) in [6.45, 7) is 7.81. The number of carbonyl (C=O) groups excluding carboxylic acids is 1. The molecular weight excluding hydrogens is 518 g/mol. The molecule has 2 atom stereocenters. The Labute approximate surface area is 243 Å². The molecule has 220 valence electrons. The van der Waals surface area contributed by atoms with Crippen LogP contribution >= 0.6 is 0 Å². The molecule has 1 aliphatic rings. The quantitative estimate of drug-likeness (QED) is 0.211. The van der Waals surface area contributed by atoms with Crippen molar-refractivity contribution in [3.63, 3.8) is 0 Å². The number of nitrogens with one attached hydrogen (secondary N) is 1. The number of nitrogens with zero attached hydrogens (tertiary/aromatic N) is 1. The lowest BCUT2D eigenvalue weighted by Gasteiger charge is -2.31. The smallest absolute Gasteiger partial charge is 0.254 e. The van der Waals surface area contributed by atoms with Crippen molar-refractivity contribution in [1.82, 2.24) is 10.2 Å². The zero-order valence-corrected chi connectivity index (χ0v) is 24.6. The van der Waals surface area contributed by atoms with Gasteiger partial charge in [0.05, 0.1) is 26.4 Å². The first kappa shape index (κ1) is 30.4. The molecule has 41 heavy (non-hydrogen) atoms. The van der Waals surface area contributed by atoms with Gasteiger partial charge in [-0.15, -0.1) is 0 Å². The summed E-state index contributed by atoms with van der Waals surface area (Å²) in [6, 6.07) is 21.6. The van der Waals surface area contributed by atoms with Gasteiger partial charge in [-0.3, -0.25) is 4.79 Å². The maximum Gasteiger partial charge on any atom is 0.254 e. The highest BCUT2D eigenvalue weighted by Crippen LogP contribution is 2.30. The summed E-state index contributed by atoms with van der Waals surface area (Å²) >= 11 is 0. The molecule has 1 amide bonds. The number of nitrogens with two attached hydrogens (primary N) is 1. The van der Waals surface area contributed by atoms with Crippen molar-refractivity contribution in [2.24, 2.45) is 5.92 Å². The van der Waals surface area contributed by atoms with Crippen LogP contribution in [0, 0.1) is 5.92 Å². The molecule has 3 aromatic rings. The van der Waals surface area contributed by atoms with Gasteiger partial charge in [0.25, 0.3) is 5.91 Å². The summed E-state index contributed by atoms with van der Waals surface area (Å²) in [5.41, 5.74) is 10.6. The Balaban J connectivity index is 1.41. The van der Waals surface area contributed by atoms with Gasteiger partial charge in [0.2, 0.25) is 0 Å². The van der Waals surface area contributed by atoms with Gasteiger partial charge in [-0.05, 0) is 66.9 Å². The van der Waals surface area contributed by atoms with E-state index in [1.165, 1.54) is 0 Å². The van der Waals surface area contributed by atoms with Gasteiger partial charge >= 0.3 is 0 Å². The largest absolute Gasteiger partial charge is 0.493 e. The third-order valence-electron chi connectivity index (χ3n) is 7.37. The molecule has 2 unspecified atom stereocenters. The second-order valence-corrected chi connectivity index (χ2v) is 10.7. The molecule has 3 N–H and O–H groups in total. The van der Waals surface area contributed by atoms with Gasteiger partial charge in [-0.1, -0.05) is 30.3 Å². The molecule has 0 radical (unpaired) electrons. The van der Waals surface area contributed by atoms with Crippen molar-refractivity contribution >= 4 is 11.6 Å². The standard InChI is InChI=1S/C33H43N3O5/c1-23(2)36(33(37)27-12-13-30(39-4)31(18-27)40-15-7-14-38-3)21-28-19-35-20-32(28)41-22-24-8-5-9-25(16-24)26-10-6-11-29(34)17-26/h5-6,8-13,16-18,23,28,32,35H,7,14-15,19-22,34H2,1-4H3. The van der Waals surface area contributed by atoms with E-state index in [1.807, 2.05) is 43.0 Å². The van der Waals surface area contributed by atoms with E-state index in [-0.39, 0.29) is 24.0 Å². The highest BCUT2D eigenvalue weighted by Gasteiger charge is 2.32. The molecule has 8 nitrogen and oxygen atoms in total. The van der Waals surface area contributed by atoms with Gasteiger partial charge in [0.1, 0.15) is 0 Å². The van der Waals surface area contributed by atoms with E-state index in [1.54, 1.807) is 32.4 Å². The second-order valence-electron chi connectivity index (χ2n) is 10.7. The topological polar surface area (TPSA) is 95.3 Å². The van der Waals surface area contributed by atoms with Gasteiger partial charge < -0.3 is 34.9 Å². The van der Waals surface area contributed by atoms with Crippen LogP contribution in [-0.4, -0.2) is 70.0 Å². The molecule has 1 saturated heterocycles. The Morgan fingerprint density at radius 3 is 2.49 bits per heavy atom. The molecule has 0 bridgehead atoms. The number of amides is 1. The minimum Gasteiger partial charge on any atom is -0.493 e. The third kappa shape index (κ3) is 8.22. The Kier molecular flexibility index (Phi) is 11.0. The summed E-state index contributed by atoms with van der Waals surface area (Å²) in [5.74, 6) is 1.29. The van der Waals surface area contributed by atoms with E-state index < -0.39 is 0 Å². The number of hydrogen-bond acceptors (Lipinski definition) is 7. The number of hydrogen-bond donors (Lipinski definition) is 2. The molecule has 0 spiro atoms. The van der Waals surface area contributed by atoms with Gasteiger partial charge in [0.15, 0.2) is 11.5 Å². The van der Waals surface area contributed by atoms with E-state index in [0.717, 1.165) is 41.9 Å². The molecule has 1 fully saturated rings. The van der Waals surface area contributed by atoms with Gasteiger partial charge in [0, 0.05) is 63.0 Å². The third-order valence-corrected chi connectivity index (χ3v) is 7.37. The predicted octanol–water partition coefficient (Wildman–Crippen LogP) is 5.02. The van der Waals surface area contributed by atoms with Crippen molar-refractivity contribution in [2.75, 3.05) is 52.8 Å². The van der Waals surface area contributed by atoms with Crippen LogP contribution in [0.3, 0.4) is 0 Å². The molecule has 0 aromatic heterocycles. The number of carbonyl (C=O) groups is 1. The van der Waals surface area contributed by atoms with Crippen molar-refractivity contribution < 1.29 is 23.7 Å². The van der Waals surface area contributed by atoms with E-state index in [9.17, 15) is 4.79 Å². The molecule has 8 heteroatoms. The lowest BCUT2D eigenvalue weighted by molar-refractivity contribution is 0.0129. The van der Waals surface area contributed by atoms with Crippen molar-refractivity contribution in [2.45, 2.75) is 39.0 Å². The minimum atomic E-state index is -0.0371. The van der Waals surface area contributed by atoms with Crippen LogP contribution in [0.4, 0.5) is 5.69 Å². The Morgan fingerprint density at radius 1 is 0.976 bits per heavy atom. The van der Waals surface area contributed by atoms with E-state index in [4.69, 9.17) is 24.7 Å². The van der Waals surface area contributed by atoms with Crippen LogP contribution < -0.4 is 20.5 Å². The van der Waals surface area contributed by atoms with Crippen molar-refractivity contribution in [3.8, 4) is 22.6 Å². The zero-order valence-electron chi connectivity index (χ0n) is 24.6. The van der Waals surface area contributed by atoms with E-state index in [2.05, 4.69) is 29.6 Å². The number of anilines is 1. The Bertz CT molecular complexity index is 1280. The maximum atomic E-state index is 13.7. The first-order chi connectivity index (χ1) is 19.9. The monoisotopic (exact) mass is 561 g/mol. The zero-order chi connectivity index (χ0) is 29.2. The summed E-state index contributed by atoms with van der Waals surface area (Å²) in [6.07, 6.45) is 0.743. The van der Waals surface area contributed by atoms with Crippen LogP contribution in [0.2, 0.25) is 0 Å². The van der Waals surface area contributed by atoms with Crippen LogP contribution in [0.1, 0.15) is 36.2 Å². The fourth-order valence-electron chi connectivity index (χ4n) is 5.10. The average Bonchev–Trinajstić information content (AvgIpc) is 3.43. The molecule has 0 saturated carbocycles. The minimum absolute atomic E-state index is 0.00405. The Morgan fingerprint density at radius 2 is 1.76 bits per heavy atom. The molecular formula is C33H43N3O5. The van der Waals surface area contributed by atoms with Gasteiger partial charge in [-0.2, -0.15) is 0 Å². The molecule has 3 aromatic carbocycles. The summed E-state index contributed by atoms with van der Waals surface area (Å²) in [7, 11) is 3.26. The normalized spacial score (nSPS) is 16.6. The SMILES string of the molecule is COCCCOc1cc(C(=O)N(CC2CNCC2OCc2cccc(-c3cccc(N)c3)c2)C(C)C)ccc1OC. The fraction of sp³-hybridized carbons (Fsp3) is 0.424.